The fraction of sp³-hybridized carbons (Fsp3) is 0. The Bertz CT molecular complexity index is 836. The largest absolute Gasteiger partial charge is 0.276 e. The minimum Gasteiger partial charge on any atom is -0.276 e. The molecule has 3 aromatic rings. The first kappa shape index (κ1) is 12.6. The number of hydrogen-bond acceptors (Lipinski definition) is 3. The Labute approximate surface area is 122 Å². The lowest BCUT2D eigenvalue weighted by atomic mass is 10.1. The Kier molecular flexibility index (Phi) is 3.05. The summed E-state index contributed by atoms with van der Waals surface area (Å²) >= 11 is 12.6. The SMILES string of the molecule is O=C(Cl)c1ccc2sc3c(C(=O)Cl)cccc3c2c1. The first-order valence-electron chi connectivity index (χ1n) is 5.43. The van der Waals surface area contributed by atoms with Crippen LogP contribution in [0.4, 0.5) is 0 Å². The first-order chi connectivity index (χ1) is 9.08. The van der Waals surface area contributed by atoms with Crippen molar-refractivity contribution in [1.29, 1.82) is 0 Å². The molecule has 0 atom stereocenters. The molecule has 0 aliphatic carbocycles. The zero-order chi connectivity index (χ0) is 13.6. The van der Waals surface area contributed by atoms with Crippen LogP contribution >= 0.6 is 34.5 Å². The summed E-state index contributed by atoms with van der Waals surface area (Å²) in [6.07, 6.45) is 0. The van der Waals surface area contributed by atoms with Crippen molar-refractivity contribution in [1.82, 2.24) is 0 Å². The molecule has 3 rings (SSSR count). The number of carbonyl (C=O) groups excluding carboxylic acids is 2. The van der Waals surface area contributed by atoms with Gasteiger partial charge in [0.15, 0.2) is 0 Å². The third-order valence-electron chi connectivity index (χ3n) is 2.94. The predicted molar refractivity (Wildman–Crippen MR) is 79.7 cm³/mol. The quantitative estimate of drug-likeness (QED) is 0.636. The van der Waals surface area contributed by atoms with E-state index in [1.165, 1.54) is 11.3 Å². The average molecular weight is 309 g/mol. The highest BCUT2D eigenvalue weighted by molar-refractivity contribution is 7.26. The van der Waals surface area contributed by atoms with Crippen molar-refractivity contribution >= 4 is 65.2 Å². The molecule has 0 fully saturated rings. The van der Waals surface area contributed by atoms with Crippen LogP contribution in [-0.2, 0) is 0 Å². The molecule has 0 N–H and O–H groups in total. The predicted octanol–water partition coefficient (Wildman–Crippen LogP) is 4.81. The zero-order valence-electron chi connectivity index (χ0n) is 9.44. The summed E-state index contributed by atoms with van der Waals surface area (Å²) in [6.45, 7) is 0. The van der Waals surface area contributed by atoms with E-state index in [1.54, 1.807) is 24.3 Å². The van der Waals surface area contributed by atoms with Gasteiger partial charge in [0.25, 0.3) is 10.5 Å². The summed E-state index contributed by atoms with van der Waals surface area (Å²) in [4.78, 5) is 22.6. The standard InChI is InChI=1S/C14H6Cl2O2S/c15-13(17)7-4-5-11-10(6-7)8-2-1-3-9(14(16)18)12(8)19-11/h1-6H. The van der Waals surface area contributed by atoms with Crippen molar-refractivity contribution in [3.05, 3.63) is 47.5 Å². The molecule has 1 heterocycles. The highest BCUT2D eigenvalue weighted by atomic mass is 35.5. The van der Waals surface area contributed by atoms with E-state index in [0.29, 0.717) is 11.1 Å². The molecule has 0 unspecified atom stereocenters. The first-order valence-corrected chi connectivity index (χ1v) is 7.00. The average Bonchev–Trinajstić information content (AvgIpc) is 2.75. The van der Waals surface area contributed by atoms with E-state index in [1.807, 2.05) is 12.1 Å². The molecule has 0 aliphatic rings. The van der Waals surface area contributed by atoms with Crippen molar-refractivity contribution in [3.63, 3.8) is 0 Å². The van der Waals surface area contributed by atoms with Gasteiger partial charge in [-0.2, -0.15) is 0 Å². The van der Waals surface area contributed by atoms with Crippen LogP contribution in [0.2, 0.25) is 0 Å². The molecule has 0 saturated carbocycles. The lowest BCUT2D eigenvalue weighted by molar-refractivity contribution is 0.107. The number of carbonyl (C=O) groups is 2. The summed E-state index contributed by atoms with van der Waals surface area (Å²) in [5, 5.41) is 0.842. The second kappa shape index (κ2) is 4.60. The van der Waals surface area contributed by atoms with Gasteiger partial charge in [0, 0.05) is 25.7 Å². The van der Waals surface area contributed by atoms with Crippen LogP contribution < -0.4 is 0 Å². The van der Waals surface area contributed by atoms with E-state index in [0.717, 1.165) is 20.2 Å². The van der Waals surface area contributed by atoms with E-state index >= 15 is 0 Å². The van der Waals surface area contributed by atoms with Gasteiger partial charge in [0.1, 0.15) is 0 Å². The zero-order valence-corrected chi connectivity index (χ0v) is 11.8. The van der Waals surface area contributed by atoms with Gasteiger partial charge in [0.2, 0.25) is 0 Å². The van der Waals surface area contributed by atoms with Gasteiger partial charge in [-0.15, -0.1) is 11.3 Å². The van der Waals surface area contributed by atoms with Crippen molar-refractivity contribution < 1.29 is 9.59 Å². The second-order valence-electron chi connectivity index (χ2n) is 4.04. The van der Waals surface area contributed by atoms with E-state index in [4.69, 9.17) is 23.2 Å². The van der Waals surface area contributed by atoms with Crippen molar-refractivity contribution in [2.45, 2.75) is 0 Å². The van der Waals surface area contributed by atoms with Gasteiger partial charge in [-0.25, -0.2) is 0 Å². The molecule has 94 valence electrons. The minimum absolute atomic E-state index is 0.441. The fourth-order valence-corrected chi connectivity index (χ4v) is 3.60. The Morgan fingerprint density at radius 1 is 0.947 bits per heavy atom. The summed E-state index contributed by atoms with van der Waals surface area (Å²) in [5.74, 6) is 0. The molecule has 19 heavy (non-hydrogen) atoms. The van der Waals surface area contributed by atoms with Gasteiger partial charge in [-0.3, -0.25) is 9.59 Å². The number of benzene rings is 2. The summed E-state index contributed by atoms with van der Waals surface area (Å²) in [6, 6.07) is 10.6. The number of hydrogen-bond donors (Lipinski definition) is 0. The molecular weight excluding hydrogens is 303 g/mol. The topological polar surface area (TPSA) is 34.1 Å². The van der Waals surface area contributed by atoms with E-state index in [-0.39, 0.29) is 0 Å². The lowest BCUT2D eigenvalue weighted by Gasteiger charge is -1.97. The van der Waals surface area contributed by atoms with E-state index < -0.39 is 10.5 Å². The minimum atomic E-state index is -0.495. The molecule has 0 aliphatic heterocycles. The van der Waals surface area contributed by atoms with Crippen LogP contribution in [-0.4, -0.2) is 10.5 Å². The van der Waals surface area contributed by atoms with Gasteiger partial charge in [-0.1, -0.05) is 12.1 Å². The molecule has 0 radical (unpaired) electrons. The van der Waals surface area contributed by atoms with Crippen LogP contribution in [0.5, 0.6) is 0 Å². The number of thiophene rings is 1. The second-order valence-corrected chi connectivity index (χ2v) is 5.78. The molecule has 0 amide bonds. The monoisotopic (exact) mass is 308 g/mol. The normalized spacial score (nSPS) is 11.1. The van der Waals surface area contributed by atoms with Crippen molar-refractivity contribution in [3.8, 4) is 0 Å². The maximum atomic E-state index is 11.4. The van der Waals surface area contributed by atoms with Crippen LogP contribution in [0.1, 0.15) is 20.7 Å². The van der Waals surface area contributed by atoms with Gasteiger partial charge in [0.05, 0.1) is 5.56 Å². The molecule has 5 heteroatoms. The van der Waals surface area contributed by atoms with E-state index in [9.17, 15) is 9.59 Å². The molecule has 2 nitrogen and oxygen atoms in total. The summed E-state index contributed by atoms with van der Waals surface area (Å²) in [5.41, 5.74) is 0.926. The maximum Gasteiger partial charge on any atom is 0.253 e. The van der Waals surface area contributed by atoms with Crippen LogP contribution in [0.25, 0.3) is 20.2 Å². The third kappa shape index (κ3) is 2.04. The van der Waals surface area contributed by atoms with Crippen LogP contribution in [0.3, 0.4) is 0 Å². The van der Waals surface area contributed by atoms with E-state index in [2.05, 4.69) is 0 Å². The smallest absolute Gasteiger partial charge is 0.253 e. The van der Waals surface area contributed by atoms with Crippen molar-refractivity contribution in [2.75, 3.05) is 0 Å². The van der Waals surface area contributed by atoms with Crippen molar-refractivity contribution in [2.24, 2.45) is 0 Å². The lowest BCUT2D eigenvalue weighted by Crippen LogP contribution is -1.88. The Balaban J connectivity index is 2.43. The van der Waals surface area contributed by atoms with Crippen LogP contribution in [0.15, 0.2) is 36.4 Å². The highest BCUT2D eigenvalue weighted by Gasteiger charge is 2.13. The number of rotatable bonds is 2. The Hall–Kier alpha value is -1.42. The van der Waals surface area contributed by atoms with Crippen LogP contribution in [0, 0.1) is 0 Å². The third-order valence-corrected chi connectivity index (χ3v) is 4.58. The van der Waals surface area contributed by atoms with Gasteiger partial charge >= 0.3 is 0 Å². The van der Waals surface area contributed by atoms with Gasteiger partial charge < -0.3 is 0 Å². The van der Waals surface area contributed by atoms with Gasteiger partial charge in [-0.05, 0) is 47.5 Å². The Morgan fingerprint density at radius 2 is 1.74 bits per heavy atom. The fourth-order valence-electron chi connectivity index (χ4n) is 2.08. The molecular formula is C14H6Cl2O2S. The number of halogens is 2. The summed E-state index contributed by atoms with van der Waals surface area (Å²) in [7, 11) is 0. The summed E-state index contributed by atoms with van der Waals surface area (Å²) < 4.78 is 1.82. The highest BCUT2D eigenvalue weighted by Crippen LogP contribution is 2.36. The number of fused-ring (bicyclic) bond motifs is 3. The molecule has 0 spiro atoms. The molecule has 0 saturated heterocycles. The molecule has 1 aromatic heterocycles. The molecule has 0 bridgehead atoms. The molecule has 2 aromatic carbocycles. The maximum absolute atomic E-state index is 11.4. The Morgan fingerprint density at radius 3 is 2.42 bits per heavy atom.